The molecule has 0 unspecified atom stereocenters. The molecule has 0 aliphatic rings. The first-order valence-electron chi connectivity index (χ1n) is 8.89. The molecular weight excluding hydrogens is 336 g/mol. The number of aryl methyl sites for hydroxylation is 3. The molecule has 0 radical (unpaired) electrons. The number of hydrogen-bond donors (Lipinski definition) is 2. The van der Waals surface area contributed by atoms with E-state index in [1.54, 1.807) is 6.07 Å². The SMILES string of the molecule is Cc1cccc(C(=O)NCCNc2nc3cc(C)cc(C)c3cc2C#N)c1. The summed E-state index contributed by atoms with van der Waals surface area (Å²) >= 11 is 0. The lowest BCUT2D eigenvalue weighted by atomic mass is 10.0. The van der Waals surface area contributed by atoms with Crippen molar-refractivity contribution in [2.24, 2.45) is 0 Å². The number of anilines is 1. The van der Waals surface area contributed by atoms with Crippen LogP contribution in [0.2, 0.25) is 0 Å². The Bertz CT molecular complexity index is 1050. The summed E-state index contributed by atoms with van der Waals surface area (Å²) in [5.74, 6) is 0.429. The molecule has 1 aromatic heterocycles. The van der Waals surface area contributed by atoms with Crippen LogP contribution in [0, 0.1) is 32.1 Å². The van der Waals surface area contributed by atoms with Gasteiger partial charge in [0.15, 0.2) is 0 Å². The number of nitrogens with one attached hydrogen (secondary N) is 2. The van der Waals surface area contributed by atoms with E-state index < -0.39 is 0 Å². The molecule has 0 fully saturated rings. The van der Waals surface area contributed by atoms with Crippen molar-refractivity contribution in [1.82, 2.24) is 10.3 Å². The van der Waals surface area contributed by atoms with E-state index in [4.69, 9.17) is 0 Å². The minimum absolute atomic E-state index is 0.112. The number of carbonyl (C=O) groups is 1. The number of rotatable bonds is 5. The molecule has 0 saturated carbocycles. The molecule has 1 amide bonds. The van der Waals surface area contributed by atoms with Crippen LogP contribution in [-0.2, 0) is 0 Å². The molecule has 0 saturated heterocycles. The number of pyridine rings is 1. The Morgan fingerprint density at radius 1 is 1.07 bits per heavy atom. The minimum atomic E-state index is -0.112. The van der Waals surface area contributed by atoms with Crippen molar-refractivity contribution in [3.63, 3.8) is 0 Å². The van der Waals surface area contributed by atoms with Gasteiger partial charge in [-0.05, 0) is 56.2 Å². The number of nitriles is 1. The number of aromatic nitrogens is 1. The van der Waals surface area contributed by atoms with E-state index >= 15 is 0 Å². The summed E-state index contributed by atoms with van der Waals surface area (Å²) in [5.41, 5.74) is 5.28. The maximum atomic E-state index is 12.2. The highest BCUT2D eigenvalue weighted by Crippen LogP contribution is 2.24. The normalized spacial score (nSPS) is 10.4. The van der Waals surface area contributed by atoms with Crippen LogP contribution in [0.15, 0.2) is 42.5 Å². The summed E-state index contributed by atoms with van der Waals surface area (Å²) in [5, 5.41) is 16.5. The molecule has 5 nitrogen and oxygen atoms in total. The lowest BCUT2D eigenvalue weighted by Gasteiger charge is -2.11. The Balaban J connectivity index is 1.68. The molecule has 0 aliphatic heterocycles. The summed E-state index contributed by atoms with van der Waals surface area (Å²) in [6.07, 6.45) is 0. The molecule has 3 aromatic rings. The smallest absolute Gasteiger partial charge is 0.251 e. The molecule has 0 bridgehead atoms. The van der Waals surface area contributed by atoms with Crippen LogP contribution in [0.1, 0.15) is 32.6 Å². The van der Waals surface area contributed by atoms with Gasteiger partial charge in [0.1, 0.15) is 11.9 Å². The van der Waals surface area contributed by atoms with Crippen LogP contribution in [0.25, 0.3) is 10.9 Å². The maximum Gasteiger partial charge on any atom is 0.251 e. The van der Waals surface area contributed by atoms with Crippen LogP contribution in [0.4, 0.5) is 5.82 Å². The number of fused-ring (bicyclic) bond motifs is 1. The first kappa shape index (κ1) is 18.4. The van der Waals surface area contributed by atoms with Gasteiger partial charge < -0.3 is 10.6 Å². The van der Waals surface area contributed by atoms with Crippen LogP contribution < -0.4 is 10.6 Å². The average Bonchev–Trinajstić information content (AvgIpc) is 2.64. The second-order valence-corrected chi connectivity index (χ2v) is 6.70. The first-order chi connectivity index (χ1) is 13.0. The molecule has 2 aromatic carbocycles. The molecule has 27 heavy (non-hydrogen) atoms. The number of carbonyl (C=O) groups excluding carboxylic acids is 1. The molecule has 0 spiro atoms. The predicted octanol–water partition coefficient (Wildman–Crippen LogP) is 3.87. The van der Waals surface area contributed by atoms with Gasteiger partial charge >= 0.3 is 0 Å². The summed E-state index contributed by atoms with van der Waals surface area (Å²) in [4.78, 5) is 16.8. The zero-order valence-corrected chi connectivity index (χ0v) is 15.8. The van der Waals surface area contributed by atoms with Crippen LogP contribution in [0.3, 0.4) is 0 Å². The van der Waals surface area contributed by atoms with E-state index in [-0.39, 0.29) is 5.91 Å². The van der Waals surface area contributed by atoms with E-state index in [1.165, 1.54) is 0 Å². The molecule has 2 N–H and O–H groups in total. The molecule has 0 aliphatic carbocycles. The summed E-state index contributed by atoms with van der Waals surface area (Å²) in [6.45, 7) is 6.92. The third kappa shape index (κ3) is 4.24. The van der Waals surface area contributed by atoms with E-state index in [0.717, 1.165) is 27.6 Å². The van der Waals surface area contributed by atoms with Gasteiger partial charge in [-0.3, -0.25) is 4.79 Å². The molecule has 3 rings (SSSR count). The zero-order valence-electron chi connectivity index (χ0n) is 15.8. The van der Waals surface area contributed by atoms with Crippen molar-refractivity contribution < 1.29 is 4.79 Å². The summed E-state index contributed by atoms with van der Waals surface area (Å²) < 4.78 is 0. The van der Waals surface area contributed by atoms with Gasteiger partial charge in [0.25, 0.3) is 5.91 Å². The average molecular weight is 358 g/mol. The quantitative estimate of drug-likeness (QED) is 0.679. The van der Waals surface area contributed by atoms with Crippen molar-refractivity contribution in [3.05, 3.63) is 70.3 Å². The highest BCUT2D eigenvalue weighted by atomic mass is 16.1. The fourth-order valence-corrected chi connectivity index (χ4v) is 3.10. The topological polar surface area (TPSA) is 77.8 Å². The Morgan fingerprint density at radius 3 is 2.63 bits per heavy atom. The number of benzene rings is 2. The third-order valence-corrected chi connectivity index (χ3v) is 4.39. The fraction of sp³-hybridized carbons (Fsp3) is 0.227. The number of nitrogens with zero attached hydrogens (tertiary/aromatic N) is 2. The predicted molar refractivity (Wildman–Crippen MR) is 108 cm³/mol. The van der Waals surface area contributed by atoms with Crippen molar-refractivity contribution in [3.8, 4) is 6.07 Å². The van der Waals surface area contributed by atoms with Gasteiger partial charge in [0, 0.05) is 24.0 Å². The molecule has 1 heterocycles. The standard InChI is InChI=1S/C22H22N4O/c1-14-5-4-6-17(10-14)22(27)25-8-7-24-21-18(13-23)12-19-16(3)9-15(2)11-20(19)26-21/h4-6,9-12H,7-8H2,1-3H3,(H,24,26)(H,25,27). The van der Waals surface area contributed by atoms with Crippen molar-refractivity contribution in [2.75, 3.05) is 18.4 Å². The van der Waals surface area contributed by atoms with E-state index in [9.17, 15) is 10.1 Å². The van der Waals surface area contributed by atoms with Crippen LogP contribution in [0.5, 0.6) is 0 Å². The van der Waals surface area contributed by atoms with Crippen LogP contribution in [-0.4, -0.2) is 24.0 Å². The molecule has 136 valence electrons. The van der Waals surface area contributed by atoms with E-state index in [1.807, 2.05) is 51.1 Å². The van der Waals surface area contributed by atoms with Gasteiger partial charge in [-0.1, -0.05) is 23.8 Å². The molecular formula is C22H22N4O. The van der Waals surface area contributed by atoms with E-state index in [2.05, 4.69) is 27.8 Å². The first-order valence-corrected chi connectivity index (χ1v) is 8.89. The summed E-state index contributed by atoms with van der Waals surface area (Å²) in [7, 11) is 0. The Morgan fingerprint density at radius 2 is 1.89 bits per heavy atom. The lowest BCUT2D eigenvalue weighted by Crippen LogP contribution is -2.29. The second-order valence-electron chi connectivity index (χ2n) is 6.70. The second kappa shape index (κ2) is 7.88. The Hall–Kier alpha value is -3.39. The van der Waals surface area contributed by atoms with Gasteiger partial charge in [0.05, 0.1) is 11.1 Å². The van der Waals surface area contributed by atoms with Crippen LogP contribution >= 0.6 is 0 Å². The zero-order chi connectivity index (χ0) is 19.4. The minimum Gasteiger partial charge on any atom is -0.367 e. The van der Waals surface area contributed by atoms with Gasteiger partial charge in [-0.25, -0.2) is 4.98 Å². The van der Waals surface area contributed by atoms with Crippen molar-refractivity contribution in [1.29, 1.82) is 5.26 Å². The van der Waals surface area contributed by atoms with Gasteiger partial charge in [-0.15, -0.1) is 0 Å². The Labute approximate surface area is 159 Å². The molecule has 0 atom stereocenters. The Kier molecular flexibility index (Phi) is 5.37. The number of hydrogen-bond acceptors (Lipinski definition) is 4. The third-order valence-electron chi connectivity index (χ3n) is 4.39. The molecule has 5 heteroatoms. The maximum absolute atomic E-state index is 12.2. The van der Waals surface area contributed by atoms with Crippen molar-refractivity contribution >= 4 is 22.6 Å². The fourth-order valence-electron chi connectivity index (χ4n) is 3.10. The highest BCUT2D eigenvalue weighted by Gasteiger charge is 2.09. The van der Waals surface area contributed by atoms with E-state index in [0.29, 0.717) is 30.0 Å². The largest absolute Gasteiger partial charge is 0.367 e. The monoisotopic (exact) mass is 358 g/mol. The number of amides is 1. The highest BCUT2D eigenvalue weighted by molar-refractivity contribution is 5.94. The lowest BCUT2D eigenvalue weighted by molar-refractivity contribution is 0.0955. The van der Waals surface area contributed by atoms with Gasteiger partial charge in [0.2, 0.25) is 0 Å². The van der Waals surface area contributed by atoms with Crippen molar-refractivity contribution in [2.45, 2.75) is 20.8 Å². The van der Waals surface area contributed by atoms with Gasteiger partial charge in [-0.2, -0.15) is 5.26 Å². The summed E-state index contributed by atoms with van der Waals surface area (Å²) in [6, 6.07) is 15.6.